The van der Waals surface area contributed by atoms with Gasteiger partial charge in [-0.25, -0.2) is 0 Å². The average molecular weight is 355 g/mol. The quantitative estimate of drug-likeness (QED) is 0.579. The van der Waals surface area contributed by atoms with Gasteiger partial charge in [-0.15, -0.1) is 0 Å². The molecule has 0 bridgehead atoms. The number of benzene rings is 2. The van der Waals surface area contributed by atoms with Crippen molar-refractivity contribution in [3.8, 4) is 0 Å². The number of halogens is 2. The van der Waals surface area contributed by atoms with Gasteiger partial charge >= 0.3 is 0 Å². The normalized spacial score (nSPS) is 13.8. The Balaban J connectivity index is 2.53. The predicted molar refractivity (Wildman–Crippen MR) is 83.9 cm³/mol. The second-order valence-corrected chi connectivity index (χ2v) is 5.90. The molecule has 0 heterocycles. The van der Waals surface area contributed by atoms with E-state index in [4.69, 9.17) is 11.6 Å². The molecular weight excluding hydrogens is 342 g/mol. The van der Waals surface area contributed by atoms with E-state index in [1.54, 1.807) is 13.0 Å². The van der Waals surface area contributed by atoms with Crippen LogP contribution >= 0.6 is 27.5 Å². The molecule has 5 heteroatoms. The van der Waals surface area contributed by atoms with Crippen molar-refractivity contribution in [2.24, 2.45) is 0 Å². The Labute approximate surface area is 130 Å². The molecule has 0 aromatic heterocycles. The minimum absolute atomic E-state index is 0.268. The minimum atomic E-state index is -0.754. The van der Waals surface area contributed by atoms with Crippen molar-refractivity contribution in [1.82, 2.24) is 0 Å². The first kappa shape index (κ1) is 15.0. The fourth-order valence-corrected chi connectivity index (χ4v) is 2.75. The Morgan fingerprint density at radius 2 is 1.75 bits per heavy atom. The Bertz CT molecular complexity index is 616. The maximum Gasteiger partial charge on any atom is 0.221 e. The van der Waals surface area contributed by atoms with Gasteiger partial charge in [-0.2, -0.15) is 0 Å². The zero-order valence-corrected chi connectivity index (χ0v) is 13.1. The van der Waals surface area contributed by atoms with Gasteiger partial charge in [0.05, 0.1) is 5.92 Å². The summed E-state index contributed by atoms with van der Waals surface area (Å²) in [5.74, 6) is -0.369. The zero-order valence-electron chi connectivity index (χ0n) is 10.8. The Kier molecular flexibility index (Phi) is 4.78. The monoisotopic (exact) mass is 353 g/mol. The van der Waals surface area contributed by atoms with Gasteiger partial charge < -0.3 is 0 Å². The predicted octanol–water partition coefficient (Wildman–Crippen LogP) is 4.90. The molecule has 0 amide bonds. The molecule has 2 aromatic carbocycles. The summed E-state index contributed by atoms with van der Waals surface area (Å²) in [4.78, 5) is 11.0. The lowest BCUT2D eigenvalue weighted by molar-refractivity contribution is -0.520. The van der Waals surface area contributed by atoms with Crippen LogP contribution in [0, 0.1) is 10.1 Å². The molecule has 0 aliphatic carbocycles. The molecule has 2 rings (SSSR count). The number of hydrogen-bond donors (Lipinski definition) is 0. The topological polar surface area (TPSA) is 43.1 Å². The molecule has 0 unspecified atom stereocenters. The molecule has 0 fully saturated rings. The van der Waals surface area contributed by atoms with Crippen LogP contribution in [0.2, 0.25) is 5.02 Å². The highest BCUT2D eigenvalue weighted by Crippen LogP contribution is 2.34. The largest absolute Gasteiger partial charge is 0.264 e. The van der Waals surface area contributed by atoms with Crippen LogP contribution in [0.1, 0.15) is 24.0 Å². The molecule has 2 atom stereocenters. The first-order chi connectivity index (χ1) is 9.50. The lowest BCUT2D eigenvalue weighted by Crippen LogP contribution is -2.25. The standard InChI is InChI=1S/C15H13BrClNO2/c1-10(18(19)20)15(11-6-8-12(16)9-7-11)13-4-2-3-5-14(13)17/h2-10,15H,1H3/t10-,15+/m1/s1. The van der Waals surface area contributed by atoms with Gasteiger partial charge in [0.15, 0.2) is 0 Å². The van der Waals surface area contributed by atoms with E-state index in [0.29, 0.717) is 5.02 Å². The first-order valence-corrected chi connectivity index (χ1v) is 7.31. The van der Waals surface area contributed by atoms with Gasteiger partial charge in [-0.3, -0.25) is 10.1 Å². The molecule has 0 saturated heterocycles. The Hall–Kier alpha value is -1.39. The summed E-state index contributed by atoms with van der Waals surface area (Å²) in [6.45, 7) is 1.61. The third-order valence-electron chi connectivity index (χ3n) is 3.28. The third-order valence-corrected chi connectivity index (χ3v) is 4.16. The van der Waals surface area contributed by atoms with Crippen LogP contribution in [0.3, 0.4) is 0 Å². The summed E-state index contributed by atoms with van der Waals surface area (Å²) in [6, 6.07) is 14.1. The molecule has 0 aliphatic heterocycles. The van der Waals surface area contributed by atoms with Crippen LogP contribution in [-0.2, 0) is 0 Å². The van der Waals surface area contributed by atoms with Crippen LogP contribution in [0.4, 0.5) is 0 Å². The Morgan fingerprint density at radius 1 is 1.15 bits per heavy atom. The molecule has 3 nitrogen and oxygen atoms in total. The molecule has 0 radical (unpaired) electrons. The Morgan fingerprint density at radius 3 is 2.30 bits per heavy atom. The maximum absolute atomic E-state index is 11.2. The molecule has 0 saturated carbocycles. The van der Waals surface area contributed by atoms with E-state index in [1.165, 1.54) is 0 Å². The van der Waals surface area contributed by atoms with E-state index < -0.39 is 6.04 Å². The van der Waals surface area contributed by atoms with Gasteiger partial charge in [-0.05, 0) is 29.3 Å². The van der Waals surface area contributed by atoms with Crippen molar-refractivity contribution < 1.29 is 4.92 Å². The smallest absolute Gasteiger partial charge is 0.221 e. The summed E-state index contributed by atoms with van der Waals surface area (Å²) < 4.78 is 0.938. The van der Waals surface area contributed by atoms with E-state index in [1.807, 2.05) is 42.5 Å². The van der Waals surface area contributed by atoms with E-state index in [0.717, 1.165) is 15.6 Å². The lowest BCUT2D eigenvalue weighted by atomic mass is 9.86. The summed E-state index contributed by atoms with van der Waals surface area (Å²) >= 11 is 9.59. The molecule has 20 heavy (non-hydrogen) atoms. The van der Waals surface area contributed by atoms with Crippen LogP contribution in [0.25, 0.3) is 0 Å². The summed E-state index contributed by atoms with van der Waals surface area (Å²) in [5.41, 5.74) is 1.66. The number of nitrogens with zero attached hydrogens (tertiary/aromatic N) is 1. The van der Waals surface area contributed by atoms with Crippen molar-refractivity contribution in [2.45, 2.75) is 18.9 Å². The molecule has 104 valence electrons. The fraction of sp³-hybridized carbons (Fsp3) is 0.200. The van der Waals surface area contributed by atoms with E-state index in [-0.39, 0.29) is 10.8 Å². The molecular formula is C15H13BrClNO2. The van der Waals surface area contributed by atoms with E-state index in [9.17, 15) is 10.1 Å². The summed E-state index contributed by atoms with van der Waals surface area (Å²) in [6.07, 6.45) is 0. The fourth-order valence-electron chi connectivity index (χ4n) is 2.24. The van der Waals surface area contributed by atoms with Gasteiger partial charge in [0.1, 0.15) is 0 Å². The molecule has 0 spiro atoms. The van der Waals surface area contributed by atoms with Crippen molar-refractivity contribution in [3.63, 3.8) is 0 Å². The van der Waals surface area contributed by atoms with E-state index >= 15 is 0 Å². The highest BCUT2D eigenvalue weighted by molar-refractivity contribution is 9.10. The number of hydrogen-bond acceptors (Lipinski definition) is 2. The lowest BCUT2D eigenvalue weighted by Gasteiger charge is -2.20. The number of rotatable bonds is 4. The highest BCUT2D eigenvalue weighted by Gasteiger charge is 2.31. The molecule has 0 aliphatic rings. The second-order valence-electron chi connectivity index (χ2n) is 4.58. The zero-order chi connectivity index (χ0) is 14.7. The van der Waals surface area contributed by atoms with Crippen LogP contribution in [-0.4, -0.2) is 11.0 Å². The van der Waals surface area contributed by atoms with Gasteiger partial charge in [0, 0.05) is 21.3 Å². The van der Waals surface area contributed by atoms with Crippen molar-refractivity contribution in [1.29, 1.82) is 0 Å². The van der Waals surface area contributed by atoms with Crippen LogP contribution in [0.15, 0.2) is 53.0 Å². The molecule has 0 N–H and O–H groups in total. The second kappa shape index (κ2) is 6.37. The van der Waals surface area contributed by atoms with Gasteiger partial charge in [-0.1, -0.05) is 57.9 Å². The summed E-state index contributed by atoms with van der Waals surface area (Å²) in [5, 5.41) is 11.8. The number of nitro groups is 1. The minimum Gasteiger partial charge on any atom is -0.264 e. The average Bonchev–Trinajstić information content (AvgIpc) is 2.43. The van der Waals surface area contributed by atoms with Crippen LogP contribution < -0.4 is 0 Å². The third kappa shape index (κ3) is 3.19. The SMILES string of the molecule is C[C@H]([C@@H](c1ccc(Br)cc1)c1ccccc1Cl)[N+](=O)[O-]. The van der Waals surface area contributed by atoms with Crippen LogP contribution in [0.5, 0.6) is 0 Å². The highest BCUT2D eigenvalue weighted by atomic mass is 79.9. The van der Waals surface area contributed by atoms with Crippen molar-refractivity contribution in [3.05, 3.63) is 79.3 Å². The molecule has 2 aromatic rings. The summed E-state index contributed by atoms with van der Waals surface area (Å²) in [7, 11) is 0. The van der Waals surface area contributed by atoms with Crippen molar-refractivity contribution in [2.75, 3.05) is 0 Å². The van der Waals surface area contributed by atoms with Crippen molar-refractivity contribution >= 4 is 27.5 Å². The van der Waals surface area contributed by atoms with Gasteiger partial charge in [0.25, 0.3) is 0 Å². The maximum atomic E-state index is 11.2. The first-order valence-electron chi connectivity index (χ1n) is 6.14. The van der Waals surface area contributed by atoms with Gasteiger partial charge in [0.2, 0.25) is 6.04 Å². The van der Waals surface area contributed by atoms with E-state index in [2.05, 4.69) is 15.9 Å².